The van der Waals surface area contributed by atoms with Crippen LogP contribution in [0.3, 0.4) is 0 Å². The molecule has 1 aliphatic heterocycles. The topological polar surface area (TPSA) is 90.4 Å². The Kier molecular flexibility index (Phi) is 6.87. The normalized spacial score (nSPS) is 15.4. The average Bonchev–Trinajstić information content (AvgIpc) is 2.70. The molecular weight excluding hydrogens is 397 g/mol. The van der Waals surface area contributed by atoms with Crippen LogP contribution in [0.1, 0.15) is 30.7 Å². The third-order valence-corrected chi connectivity index (χ3v) is 5.08. The number of hydrogen-bond acceptors (Lipinski definition) is 5. The summed E-state index contributed by atoms with van der Waals surface area (Å²) in [5.41, 5.74) is 2.58. The van der Waals surface area contributed by atoms with Crippen molar-refractivity contribution in [2.75, 3.05) is 18.5 Å². The van der Waals surface area contributed by atoms with E-state index in [1.165, 1.54) is 12.1 Å². The van der Waals surface area contributed by atoms with Gasteiger partial charge in [0.2, 0.25) is 5.95 Å². The number of rotatable bonds is 6. The van der Waals surface area contributed by atoms with E-state index in [4.69, 9.17) is 16.7 Å². The van der Waals surface area contributed by atoms with E-state index in [-0.39, 0.29) is 29.7 Å². The highest BCUT2D eigenvalue weighted by Gasteiger charge is 2.23. The molecule has 29 heavy (non-hydrogen) atoms. The van der Waals surface area contributed by atoms with Crippen LogP contribution in [0.2, 0.25) is 5.02 Å². The standard InChI is InChI=1S/C20H25ClFN5O2/c1-12(7-14-3-4-16(21)17(22)8-14)25-20(29)27-6-5-15-9-23-19(24-13(2)11-28)26-18(15)10-27/h3-4,8-9,12-13,28H,5-7,10-11H2,1-2H3,(H,25,29)(H,23,24,26). The number of nitrogens with one attached hydrogen (secondary N) is 2. The Morgan fingerprint density at radius 1 is 1.38 bits per heavy atom. The molecule has 3 rings (SSSR count). The van der Waals surface area contributed by atoms with Crippen LogP contribution in [0.25, 0.3) is 0 Å². The van der Waals surface area contributed by atoms with Crippen molar-refractivity contribution in [2.45, 2.75) is 45.3 Å². The fourth-order valence-electron chi connectivity index (χ4n) is 3.19. The first-order chi connectivity index (χ1) is 13.9. The summed E-state index contributed by atoms with van der Waals surface area (Å²) >= 11 is 5.71. The van der Waals surface area contributed by atoms with Gasteiger partial charge in [-0.2, -0.15) is 0 Å². The van der Waals surface area contributed by atoms with Crippen LogP contribution in [-0.4, -0.2) is 51.2 Å². The minimum absolute atomic E-state index is 0.0234. The smallest absolute Gasteiger partial charge is 0.317 e. The van der Waals surface area contributed by atoms with Gasteiger partial charge in [0.25, 0.3) is 0 Å². The summed E-state index contributed by atoms with van der Waals surface area (Å²) < 4.78 is 13.6. The molecule has 0 aliphatic carbocycles. The molecule has 9 heteroatoms. The van der Waals surface area contributed by atoms with Crippen molar-refractivity contribution in [2.24, 2.45) is 0 Å². The molecule has 2 aromatic rings. The molecule has 0 saturated heterocycles. The number of fused-ring (bicyclic) bond motifs is 1. The number of hydrogen-bond donors (Lipinski definition) is 3. The summed E-state index contributed by atoms with van der Waals surface area (Å²) in [4.78, 5) is 23.1. The van der Waals surface area contributed by atoms with Gasteiger partial charge < -0.3 is 20.6 Å². The number of carbonyl (C=O) groups excluding carboxylic acids is 1. The van der Waals surface area contributed by atoms with Gasteiger partial charge in [-0.1, -0.05) is 17.7 Å². The maximum absolute atomic E-state index is 13.6. The van der Waals surface area contributed by atoms with E-state index in [2.05, 4.69) is 20.6 Å². The second-order valence-electron chi connectivity index (χ2n) is 7.37. The minimum atomic E-state index is -0.463. The molecule has 0 radical (unpaired) electrons. The third kappa shape index (κ3) is 5.55. The Balaban J connectivity index is 1.59. The van der Waals surface area contributed by atoms with Crippen molar-refractivity contribution in [3.8, 4) is 0 Å². The number of carbonyl (C=O) groups is 1. The molecule has 2 atom stereocenters. The zero-order chi connectivity index (χ0) is 21.0. The fraction of sp³-hybridized carbons (Fsp3) is 0.450. The van der Waals surface area contributed by atoms with Gasteiger partial charge >= 0.3 is 6.03 Å². The number of halogens is 2. The quantitative estimate of drug-likeness (QED) is 0.667. The van der Waals surface area contributed by atoms with Crippen LogP contribution in [0.15, 0.2) is 24.4 Å². The Morgan fingerprint density at radius 3 is 2.90 bits per heavy atom. The van der Waals surface area contributed by atoms with Crippen molar-refractivity contribution >= 4 is 23.6 Å². The van der Waals surface area contributed by atoms with Gasteiger partial charge in [0, 0.05) is 24.8 Å². The van der Waals surface area contributed by atoms with Crippen molar-refractivity contribution in [3.63, 3.8) is 0 Å². The summed E-state index contributed by atoms with van der Waals surface area (Å²) in [5.74, 6) is -0.0272. The first kappa shape index (κ1) is 21.3. The van der Waals surface area contributed by atoms with Gasteiger partial charge in [-0.15, -0.1) is 0 Å². The second-order valence-corrected chi connectivity index (χ2v) is 7.78. The highest BCUT2D eigenvalue weighted by molar-refractivity contribution is 6.30. The molecule has 2 unspecified atom stereocenters. The lowest BCUT2D eigenvalue weighted by Gasteiger charge is -2.29. The number of aliphatic hydroxyl groups excluding tert-OH is 1. The van der Waals surface area contributed by atoms with Gasteiger partial charge in [0.05, 0.1) is 23.9 Å². The van der Waals surface area contributed by atoms with E-state index >= 15 is 0 Å². The van der Waals surface area contributed by atoms with Crippen molar-refractivity contribution in [1.29, 1.82) is 0 Å². The molecule has 0 saturated carbocycles. The van der Waals surface area contributed by atoms with Crippen LogP contribution in [-0.2, 0) is 19.4 Å². The first-order valence-corrected chi connectivity index (χ1v) is 9.95. The van der Waals surface area contributed by atoms with Crippen LogP contribution in [0.5, 0.6) is 0 Å². The number of aromatic nitrogens is 2. The lowest BCUT2D eigenvalue weighted by Crippen LogP contribution is -2.46. The molecule has 0 bridgehead atoms. The van der Waals surface area contributed by atoms with Gasteiger partial charge in [0.1, 0.15) is 5.82 Å². The van der Waals surface area contributed by atoms with Gasteiger partial charge in [0.15, 0.2) is 0 Å². The van der Waals surface area contributed by atoms with E-state index in [9.17, 15) is 9.18 Å². The number of urea groups is 1. The van der Waals surface area contributed by atoms with Gasteiger partial charge in [-0.25, -0.2) is 19.2 Å². The second kappa shape index (κ2) is 9.37. The minimum Gasteiger partial charge on any atom is -0.394 e. The Labute approximate surface area is 174 Å². The predicted octanol–water partition coefficient (Wildman–Crippen LogP) is 2.76. The SMILES string of the molecule is CC(Cc1ccc(Cl)c(F)c1)NC(=O)N1CCc2cnc(NC(C)CO)nc2C1. The Morgan fingerprint density at radius 2 is 2.17 bits per heavy atom. The maximum atomic E-state index is 13.6. The zero-order valence-electron chi connectivity index (χ0n) is 16.5. The molecule has 156 valence electrons. The van der Waals surface area contributed by atoms with E-state index in [0.29, 0.717) is 31.9 Å². The van der Waals surface area contributed by atoms with Crippen molar-refractivity contribution in [1.82, 2.24) is 20.2 Å². The lowest BCUT2D eigenvalue weighted by atomic mass is 10.1. The predicted molar refractivity (Wildman–Crippen MR) is 109 cm³/mol. The van der Waals surface area contributed by atoms with Crippen LogP contribution < -0.4 is 10.6 Å². The molecule has 7 nitrogen and oxygen atoms in total. The largest absolute Gasteiger partial charge is 0.394 e. The molecule has 1 aliphatic rings. The summed E-state index contributed by atoms with van der Waals surface area (Å²) in [5, 5.41) is 15.2. The molecule has 1 aromatic carbocycles. The van der Waals surface area contributed by atoms with E-state index in [0.717, 1.165) is 16.8 Å². The van der Waals surface area contributed by atoms with E-state index < -0.39 is 5.82 Å². The van der Waals surface area contributed by atoms with Gasteiger partial charge in [-0.05, 0) is 49.9 Å². The summed E-state index contributed by atoms with van der Waals surface area (Å²) in [6.07, 6.45) is 2.94. The molecule has 0 spiro atoms. The summed E-state index contributed by atoms with van der Waals surface area (Å²) in [6.45, 7) is 4.64. The number of amides is 2. The van der Waals surface area contributed by atoms with Crippen LogP contribution in [0, 0.1) is 5.82 Å². The highest BCUT2D eigenvalue weighted by Crippen LogP contribution is 2.19. The van der Waals surface area contributed by atoms with E-state index in [1.807, 2.05) is 13.8 Å². The lowest BCUT2D eigenvalue weighted by molar-refractivity contribution is 0.188. The Hall–Kier alpha value is -2.45. The van der Waals surface area contributed by atoms with E-state index in [1.54, 1.807) is 17.2 Å². The average molecular weight is 422 g/mol. The van der Waals surface area contributed by atoms with Crippen LogP contribution >= 0.6 is 11.6 Å². The van der Waals surface area contributed by atoms with Crippen molar-refractivity contribution < 1.29 is 14.3 Å². The molecule has 2 amide bonds. The molecule has 1 aromatic heterocycles. The summed E-state index contributed by atoms with van der Waals surface area (Å²) in [7, 11) is 0. The zero-order valence-corrected chi connectivity index (χ0v) is 17.2. The highest BCUT2D eigenvalue weighted by atomic mass is 35.5. The monoisotopic (exact) mass is 421 g/mol. The number of nitrogens with zero attached hydrogens (tertiary/aromatic N) is 3. The fourth-order valence-corrected chi connectivity index (χ4v) is 3.30. The van der Waals surface area contributed by atoms with Crippen molar-refractivity contribution in [3.05, 3.63) is 52.1 Å². The Bertz CT molecular complexity index is 882. The molecule has 0 fully saturated rings. The molecular formula is C20H25ClFN5O2. The maximum Gasteiger partial charge on any atom is 0.317 e. The molecule has 3 N–H and O–H groups in total. The van der Waals surface area contributed by atoms with Gasteiger partial charge in [-0.3, -0.25) is 0 Å². The summed E-state index contributed by atoms with van der Waals surface area (Å²) in [6, 6.07) is 4.15. The van der Waals surface area contributed by atoms with Crippen LogP contribution in [0.4, 0.5) is 15.1 Å². The number of benzene rings is 1. The number of anilines is 1. The molecule has 2 heterocycles. The third-order valence-electron chi connectivity index (χ3n) is 4.78. The number of aliphatic hydroxyl groups is 1. The first-order valence-electron chi connectivity index (χ1n) is 9.57.